The van der Waals surface area contributed by atoms with Gasteiger partial charge in [-0.3, -0.25) is 4.98 Å². The van der Waals surface area contributed by atoms with Gasteiger partial charge in [0.25, 0.3) is 0 Å². The third kappa shape index (κ3) is 2.51. The molecule has 0 spiro atoms. The fourth-order valence-electron chi connectivity index (χ4n) is 2.68. The third-order valence-corrected chi connectivity index (χ3v) is 3.73. The number of hydrogen-bond donors (Lipinski definition) is 0. The summed E-state index contributed by atoms with van der Waals surface area (Å²) in [6.45, 7) is 0.220. The summed E-state index contributed by atoms with van der Waals surface area (Å²) in [4.78, 5) is 21.5. The van der Waals surface area contributed by atoms with Crippen LogP contribution in [-0.4, -0.2) is 40.7 Å². The predicted octanol–water partition coefficient (Wildman–Crippen LogP) is 2.10. The van der Waals surface area contributed by atoms with E-state index in [9.17, 15) is 4.39 Å². The highest BCUT2D eigenvalue weighted by atomic mass is 19.1. The molecule has 0 saturated heterocycles. The van der Waals surface area contributed by atoms with E-state index in [2.05, 4.69) is 24.9 Å². The molecule has 0 aliphatic heterocycles. The number of aryl methyl sites for hydroxylation is 1. The first-order chi connectivity index (χ1) is 11.9. The van der Waals surface area contributed by atoms with Gasteiger partial charge in [0, 0.05) is 31.0 Å². The maximum absolute atomic E-state index is 13.0. The Morgan fingerprint density at radius 2 is 1.92 bits per heavy atom. The fraction of sp³-hybridized carbons (Fsp3) is 0.188. The van der Waals surface area contributed by atoms with Crippen LogP contribution in [0.15, 0.2) is 49.3 Å². The molecule has 0 fully saturated rings. The number of pyridine rings is 1. The van der Waals surface area contributed by atoms with E-state index in [1.165, 1.54) is 0 Å². The van der Waals surface area contributed by atoms with E-state index in [0.717, 1.165) is 16.9 Å². The van der Waals surface area contributed by atoms with Gasteiger partial charge in [-0.25, -0.2) is 24.3 Å². The van der Waals surface area contributed by atoms with Crippen molar-refractivity contribution in [2.24, 2.45) is 0 Å². The second kappa shape index (κ2) is 6.15. The van der Waals surface area contributed by atoms with Crippen molar-refractivity contribution in [2.75, 3.05) is 6.67 Å². The number of hydrogen-bond acceptors (Lipinski definition) is 5. The van der Waals surface area contributed by atoms with Gasteiger partial charge in [0.15, 0.2) is 11.6 Å². The Morgan fingerprint density at radius 1 is 1.04 bits per heavy atom. The average Bonchev–Trinajstić information content (AvgIpc) is 3.22. The molecule has 0 bridgehead atoms. The molecular weight excluding hydrogens is 309 g/mol. The molecule has 4 aromatic rings. The molecule has 8 heteroatoms. The lowest BCUT2D eigenvalue weighted by molar-refractivity contribution is 0.442. The van der Waals surface area contributed by atoms with Crippen LogP contribution in [0.1, 0.15) is 5.82 Å². The van der Waals surface area contributed by atoms with Gasteiger partial charge in [-0.05, 0) is 12.1 Å². The summed E-state index contributed by atoms with van der Waals surface area (Å²) in [7, 11) is 0. The Balaban J connectivity index is 1.76. The second-order valence-electron chi connectivity index (χ2n) is 5.18. The van der Waals surface area contributed by atoms with Gasteiger partial charge in [0.1, 0.15) is 12.5 Å². The van der Waals surface area contributed by atoms with E-state index in [1.807, 2.05) is 21.4 Å². The van der Waals surface area contributed by atoms with Crippen molar-refractivity contribution in [1.29, 1.82) is 0 Å². The quantitative estimate of drug-likeness (QED) is 0.562. The number of fused-ring (bicyclic) bond motifs is 1. The molecule has 0 aliphatic carbocycles. The highest BCUT2D eigenvalue weighted by Gasteiger charge is 2.14. The average molecular weight is 323 g/mol. The number of halogens is 1. The summed E-state index contributed by atoms with van der Waals surface area (Å²) < 4.78 is 16.7. The van der Waals surface area contributed by atoms with Crippen LogP contribution in [0.2, 0.25) is 0 Å². The zero-order chi connectivity index (χ0) is 16.4. The summed E-state index contributed by atoms with van der Waals surface area (Å²) in [6, 6.07) is 3.58. The largest absolute Gasteiger partial charge is 0.323 e. The van der Waals surface area contributed by atoms with Gasteiger partial charge >= 0.3 is 0 Å². The minimum absolute atomic E-state index is 0.239. The molecule has 0 amide bonds. The van der Waals surface area contributed by atoms with Crippen LogP contribution in [-0.2, 0) is 13.1 Å². The van der Waals surface area contributed by atoms with Crippen LogP contribution in [0.5, 0.6) is 0 Å². The lowest BCUT2D eigenvalue weighted by atomic mass is 10.4. The number of rotatable bonds is 5. The summed E-state index contributed by atoms with van der Waals surface area (Å²) in [5.41, 5.74) is 1.62. The number of nitrogens with zero attached hydrogens (tertiary/aromatic N) is 7. The van der Waals surface area contributed by atoms with Gasteiger partial charge < -0.3 is 9.13 Å². The minimum atomic E-state index is -0.466. The molecule has 4 rings (SSSR count). The normalized spacial score (nSPS) is 11.2. The molecule has 0 unspecified atom stereocenters. The van der Waals surface area contributed by atoms with Gasteiger partial charge in [0.2, 0.25) is 0 Å². The maximum Gasteiger partial charge on any atom is 0.195 e. The van der Waals surface area contributed by atoms with Crippen molar-refractivity contribution in [3.63, 3.8) is 0 Å². The number of imidazole rings is 2. The molecule has 24 heavy (non-hydrogen) atoms. The van der Waals surface area contributed by atoms with Crippen molar-refractivity contribution in [3.05, 3.63) is 55.1 Å². The van der Waals surface area contributed by atoms with Crippen molar-refractivity contribution in [1.82, 2.24) is 34.1 Å². The fourth-order valence-corrected chi connectivity index (χ4v) is 2.68. The SMILES string of the molecule is FCCn1c(Cn2ccnc2-c2ncccn2)nc2ccncc21. The molecule has 0 aliphatic rings. The van der Waals surface area contributed by atoms with Crippen LogP contribution in [0, 0.1) is 0 Å². The highest BCUT2D eigenvalue weighted by Crippen LogP contribution is 2.18. The Morgan fingerprint density at radius 3 is 2.75 bits per heavy atom. The monoisotopic (exact) mass is 323 g/mol. The van der Waals surface area contributed by atoms with Crippen molar-refractivity contribution < 1.29 is 4.39 Å². The van der Waals surface area contributed by atoms with Crippen LogP contribution in [0.4, 0.5) is 4.39 Å². The van der Waals surface area contributed by atoms with Crippen LogP contribution < -0.4 is 0 Å². The first-order valence-corrected chi connectivity index (χ1v) is 7.50. The van der Waals surface area contributed by atoms with Gasteiger partial charge in [-0.2, -0.15) is 0 Å². The topological polar surface area (TPSA) is 74.3 Å². The van der Waals surface area contributed by atoms with Crippen molar-refractivity contribution >= 4 is 11.0 Å². The molecule has 0 atom stereocenters. The molecule has 4 heterocycles. The lowest BCUT2D eigenvalue weighted by Gasteiger charge is -2.09. The third-order valence-electron chi connectivity index (χ3n) is 3.73. The van der Waals surface area contributed by atoms with Crippen LogP contribution in [0.25, 0.3) is 22.7 Å². The Labute approximate surface area is 136 Å². The first kappa shape index (κ1) is 14.4. The predicted molar refractivity (Wildman–Crippen MR) is 85.9 cm³/mol. The van der Waals surface area contributed by atoms with Crippen molar-refractivity contribution in [2.45, 2.75) is 13.1 Å². The molecule has 0 radical (unpaired) electrons. The van der Waals surface area contributed by atoms with E-state index in [0.29, 0.717) is 18.2 Å². The van der Waals surface area contributed by atoms with E-state index in [1.54, 1.807) is 37.1 Å². The standard InChI is InChI=1S/C16H14FN7/c17-3-8-24-13-10-18-6-2-12(13)22-14(24)11-23-9-7-21-16(23)15-19-4-1-5-20-15/h1-2,4-7,9-10H,3,8,11H2. The smallest absolute Gasteiger partial charge is 0.195 e. The number of alkyl halides is 1. The summed E-state index contributed by atoms with van der Waals surface area (Å²) >= 11 is 0. The molecule has 0 N–H and O–H groups in total. The molecule has 120 valence electrons. The van der Waals surface area contributed by atoms with Crippen LogP contribution in [0.3, 0.4) is 0 Å². The highest BCUT2D eigenvalue weighted by molar-refractivity contribution is 5.74. The van der Waals surface area contributed by atoms with E-state index < -0.39 is 6.67 Å². The molecule has 7 nitrogen and oxygen atoms in total. The Hall–Kier alpha value is -3.16. The summed E-state index contributed by atoms with van der Waals surface area (Å²) in [6.07, 6.45) is 10.3. The molecule has 0 saturated carbocycles. The van der Waals surface area contributed by atoms with E-state index in [4.69, 9.17) is 0 Å². The van der Waals surface area contributed by atoms with Gasteiger partial charge in [-0.1, -0.05) is 0 Å². The van der Waals surface area contributed by atoms with Gasteiger partial charge in [-0.15, -0.1) is 0 Å². The molecule has 0 aromatic carbocycles. The zero-order valence-electron chi connectivity index (χ0n) is 12.7. The van der Waals surface area contributed by atoms with Crippen molar-refractivity contribution in [3.8, 4) is 11.6 Å². The number of aromatic nitrogens is 7. The van der Waals surface area contributed by atoms with E-state index >= 15 is 0 Å². The lowest BCUT2D eigenvalue weighted by Crippen LogP contribution is -2.11. The Kier molecular flexibility index (Phi) is 3.70. The first-order valence-electron chi connectivity index (χ1n) is 7.50. The second-order valence-corrected chi connectivity index (χ2v) is 5.18. The van der Waals surface area contributed by atoms with E-state index in [-0.39, 0.29) is 6.54 Å². The minimum Gasteiger partial charge on any atom is -0.323 e. The molecule has 4 aromatic heterocycles. The zero-order valence-corrected chi connectivity index (χ0v) is 12.7. The maximum atomic E-state index is 13.0. The summed E-state index contributed by atoms with van der Waals surface area (Å²) in [5.74, 6) is 1.93. The van der Waals surface area contributed by atoms with Crippen LogP contribution >= 0.6 is 0 Å². The molecular formula is C16H14FN7. The van der Waals surface area contributed by atoms with Gasteiger partial charge in [0.05, 0.1) is 30.3 Å². The summed E-state index contributed by atoms with van der Waals surface area (Å²) in [5, 5.41) is 0. The Bertz CT molecular complexity index is 961.